The molecule has 118 valence electrons. The van der Waals surface area contributed by atoms with E-state index in [0.29, 0.717) is 16.3 Å². The molecule has 0 atom stereocenters. The summed E-state index contributed by atoms with van der Waals surface area (Å²) in [7, 11) is 0. The van der Waals surface area contributed by atoms with Crippen molar-refractivity contribution in [1.29, 1.82) is 0 Å². The summed E-state index contributed by atoms with van der Waals surface area (Å²) in [5.41, 5.74) is 11.6. The van der Waals surface area contributed by atoms with Gasteiger partial charge in [0, 0.05) is 6.04 Å². The number of carbonyl (C=O) groups is 1. The molecule has 0 saturated heterocycles. The van der Waals surface area contributed by atoms with Crippen LogP contribution in [0, 0.1) is 0 Å². The van der Waals surface area contributed by atoms with Crippen LogP contribution in [0.2, 0.25) is 0 Å². The molecule has 0 unspecified atom stereocenters. The molecule has 0 radical (unpaired) electrons. The number of hydrogen-bond donors (Lipinski definition) is 4. The van der Waals surface area contributed by atoms with Crippen molar-refractivity contribution >= 4 is 27.9 Å². The third-order valence-electron chi connectivity index (χ3n) is 3.51. The summed E-state index contributed by atoms with van der Waals surface area (Å²) in [5.74, 6) is -0.0341. The Labute approximate surface area is 128 Å². The van der Waals surface area contributed by atoms with E-state index >= 15 is 0 Å². The molecule has 1 aliphatic rings. The van der Waals surface area contributed by atoms with E-state index in [1.165, 1.54) is 11.3 Å². The molecular weight excluding hydrogens is 290 g/mol. The topological polar surface area (TPSA) is 111 Å². The molecule has 2 rings (SSSR count). The Morgan fingerprint density at radius 3 is 2.52 bits per heavy atom. The molecule has 6 nitrogen and oxygen atoms in total. The standard InChI is InChI=1S/C14H23N3O3S/c1-7(2)20-11-10(15)12(13(16)19)21-14(11)17-8-3-5-9(18)6-4-8/h7-9,17-18H,3-6,15H2,1-2H3,(H2,16,19). The van der Waals surface area contributed by atoms with E-state index in [-0.39, 0.29) is 18.2 Å². The fraction of sp³-hybridized carbons (Fsp3) is 0.643. The second kappa shape index (κ2) is 6.53. The van der Waals surface area contributed by atoms with Crippen LogP contribution >= 0.6 is 11.3 Å². The molecule has 1 saturated carbocycles. The Hall–Kier alpha value is -1.47. The first-order valence-electron chi connectivity index (χ1n) is 7.21. The molecule has 21 heavy (non-hydrogen) atoms. The zero-order chi connectivity index (χ0) is 15.6. The summed E-state index contributed by atoms with van der Waals surface area (Å²) in [6.07, 6.45) is 3.07. The maximum atomic E-state index is 11.4. The van der Waals surface area contributed by atoms with Gasteiger partial charge >= 0.3 is 0 Å². The molecule has 1 heterocycles. The normalized spacial score (nSPS) is 22.3. The van der Waals surface area contributed by atoms with Crippen molar-refractivity contribution in [1.82, 2.24) is 0 Å². The van der Waals surface area contributed by atoms with E-state index in [1.54, 1.807) is 0 Å². The van der Waals surface area contributed by atoms with Gasteiger partial charge in [-0.1, -0.05) is 0 Å². The van der Waals surface area contributed by atoms with Gasteiger partial charge in [-0.2, -0.15) is 0 Å². The first-order chi connectivity index (χ1) is 9.88. The van der Waals surface area contributed by atoms with Gasteiger partial charge in [-0.25, -0.2) is 0 Å². The number of rotatable bonds is 5. The zero-order valence-corrected chi connectivity index (χ0v) is 13.2. The lowest BCUT2D eigenvalue weighted by atomic mass is 9.93. The summed E-state index contributed by atoms with van der Waals surface area (Å²) < 4.78 is 5.74. The number of aliphatic hydroxyl groups is 1. The molecule has 0 bridgehead atoms. The maximum absolute atomic E-state index is 11.4. The van der Waals surface area contributed by atoms with Crippen LogP contribution in [0.25, 0.3) is 0 Å². The molecule has 0 spiro atoms. The van der Waals surface area contributed by atoms with E-state index in [1.807, 2.05) is 13.8 Å². The molecule has 7 heteroatoms. The van der Waals surface area contributed by atoms with Crippen LogP contribution in [-0.2, 0) is 0 Å². The number of amides is 1. The summed E-state index contributed by atoms with van der Waals surface area (Å²) in [5, 5.41) is 13.7. The smallest absolute Gasteiger partial charge is 0.261 e. The highest BCUT2D eigenvalue weighted by atomic mass is 32.1. The van der Waals surface area contributed by atoms with E-state index in [4.69, 9.17) is 16.2 Å². The Bertz CT molecular complexity index is 508. The van der Waals surface area contributed by atoms with Crippen molar-refractivity contribution < 1.29 is 14.6 Å². The monoisotopic (exact) mass is 313 g/mol. The first kappa shape index (κ1) is 15.9. The number of nitrogens with two attached hydrogens (primary N) is 2. The van der Waals surface area contributed by atoms with Crippen molar-refractivity contribution in [3.63, 3.8) is 0 Å². The number of aliphatic hydroxyl groups excluding tert-OH is 1. The lowest BCUT2D eigenvalue weighted by Gasteiger charge is -2.27. The van der Waals surface area contributed by atoms with Crippen molar-refractivity contribution in [2.45, 2.75) is 57.8 Å². The predicted octanol–water partition coefficient (Wildman–Crippen LogP) is 1.93. The Morgan fingerprint density at radius 1 is 1.38 bits per heavy atom. The zero-order valence-electron chi connectivity index (χ0n) is 12.4. The van der Waals surface area contributed by atoms with E-state index < -0.39 is 5.91 Å². The van der Waals surface area contributed by atoms with Gasteiger partial charge in [0.1, 0.15) is 15.6 Å². The average Bonchev–Trinajstić information content (AvgIpc) is 2.70. The fourth-order valence-electron chi connectivity index (χ4n) is 2.47. The van der Waals surface area contributed by atoms with Gasteiger partial charge in [-0.15, -0.1) is 11.3 Å². The Balaban J connectivity index is 2.20. The summed E-state index contributed by atoms with van der Waals surface area (Å²) in [4.78, 5) is 11.8. The van der Waals surface area contributed by atoms with Gasteiger partial charge in [0.15, 0.2) is 5.75 Å². The van der Waals surface area contributed by atoms with Gasteiger partial charge in [0.2, 0.25) is 0 Å². The van der Waals surface area contributed by atoms with Crippen LogP contribution in [0.4, 0.5) is 10.7 Å². The van der Waals surface area contributed by atoms with Gasteiger partial charge < -0.3 is 26.6 Å². The number of anilines is 2. The van der Waals surface area contributed by atoms with Crippen molar-refractivity contribution in [3.05, 3.63) is 4.88 Å². The third-order valence-corrected chi connectivity index (χ3v) is 4.64. The quantitative estimate of drug-likeness (QED) is 0.664. The molecule has 1 aromatic heterocycles. The lowest BCUT2D eigenvalue weighted by molar-refractivity contribution is 0.100. The lowest BCUT2D eigenvalue weighted by Crippen LogP contribution is -2.28. The number of nitrogen functional groups attached to an aromatic ring is 1. The predicted molar refractivity (Wildman–Crippen MR) is 84.9 cm³/mol. The highest BCUT2D eigenvalue weighted by molar-refractivity contribution is 7.19. The van der Waals surface area contributed by atoms with Crippen LogP contribution < -0.4 is 21.5 Å². The van der Waals surface area contributed by atoms with Crippen molar-refractivity contribution in [2.24, 2.45) is 5.73 Å². The number of thiophene rings is 1. The molecule has 1 fully saturated rings. The average molecular weight is 313 g/mol. The molecule has 6 N–H and O–H groups in total. The molecule has 0 aliphatic heterocycles. The van der Waals surface area contributed by atoms with E-state index in [0.717, 1.165) is 30.7 Å². The number of primary amides is 1. The number of carbonyl (C=O) groups excluding carboxylic acids is 1. The Morgan fingerprint density at radius 2 is 2.00 bits per heavy atom. The third kappa shape index (κ3) is 3.79. The van der Waals surface area contributed by atoms with Crippen LogP contribution in [0.15, 0.2) is 0 Å². The SMILES string of the molecule is CC(C)Oc1c(NC2CCC(O)CC2)sc(C(N)=O)c1N. The number of nitrogens with one attached hydrogen (secondary N) is 1. The van der Waals surface area contributed by atoms with E-state index in [9.17, 15) is 9.90 Å². The fourth-order valence-corrected chi connectivity index (χ4v) is 3.45. The minimum absolute atomic E-state index is 0.0450. The maximum Gasteiger partial charge on any atom is 0.261 e. The summed E-state index contributed by atoms with van der Waals surface area (Å²) >= 11 is 1.23. The molecule has 0 aromatic carbocycles. The van der Waals surface area contributed by atoms with E-state index in [2.05, 4.69) is 5.32 Å². The highest BCUT2D eigenvalue weighted by Gasteiger charge is 2.25. The molecular formula is C14H23N3O3S. The second-order valence-electron chi connectivity index (χ2n) is 5.68. The van der Waals surface area contributed by atoms with Crippen LogP contribution in [-0.4, -0.2) is 29.3 Å². The second-order valence-corrected chi connectivity index (χ2v) is 6.70. The van der Waals surface area contributed by atoms with Gasteiger partial charge in [-0.05, 0) is 39.5 Å². The summed E-state index contributed by atoms with van der Waals surface area (Å²) in [6.45, 7) is 3.81. The van der Waals surface area contributed by atoms with Gasteiger partial charge in [0.05, 0.1) is 12.2 Å². The largest absolute Gasteiger partial charge is 0.486 e. The Kier molecular flexibility index (Phi) is 4.95. The molecule has 1 aliphatic carbocycles. The van der Waals surface area contributed by atoms with Gasteiger partial charge in [-0.3, -0.25) is 4.79 Å². The van der Waals surface area contributed by atoms with Crippen LogP contribution in [0.5, 0.6) is 5.75 Å². The van der Waals surface area contributed by atoms with Gasteiger partial charge in [0.25, 0.3) is 5.91 Å². The van der Waals surface area contributed by atoms with Crippen LogP contribution in [0.3, 0.4) is 0 Å². The van der Waals surface area contributed by atoms with Crippen molar-refractivity contribution in [3.8, 4) is 5.75 Å². The highest BCUT2D eigenvalue weighted by Crippen LogP contribution is 2.44. The molecule has 1 amide bonds. The van der Waals surface area contributed by atoms with Crippen molar-refractivity contribution in [2.75, 3.05) is 11.1 Å². The number of ether oxygens (including phenoxy) is 1. The summed E-state index contributed by atoms with van der Waals surface area (Å²) in [6, 6.07) is 0.252. The minimum Gasteiger partial charge on any atom is -0.486 e. The number of hydrogen-bond acceptors (Lipinski definition) is 6. The molecule has 1 aromatic rings. The minimum atomic E-state index is -0.543. The van der Waals surface area contributed by atoms with Crippen LogP contribution in [0.1, 0.15) is 49.2 Å². The first-order valence-corrected chi connectivity index (χ1v) is 8.03.